The first kappa shape index (κ1) is 15.7. The second-order valence-corrected chi connectivity index (χ2v) is 10.3. The SMILES string of the molecule is Cc1n[nH]c(C)c1[Si](C)(c1c(C)n[nH]c1C)c1c(C)n[nH]c1C. The summed E-state index contributed by atoms with van der Waals surface area (Å²) in [6.45, 7) is 15.0. The monoisotopic (exact) mass is 328 g/mol. The predicted molar refractivity (Wildman–Crippen MR) is 94.7 cm³/mol. The average molecular weight is 328 g/mol. The van der Waals surface area contributed by atoms with Crippen LogP contribution < -0.4 is 15.6 Å². The number of H-pyrrole nitrogens is 3. The highest BCUT2D eigenvalue weighted by atomic mass is 28.3. The molecule has 3 N–H and O–H groups in total. The Hall–Kier alpha value is -2.15. The van der Waals surface area contributed by atoms with Crippen LogP contribution in [0.1, 0.15) is 34.2 Å². The number of aryl methyl sites for hydroxylation is 6. The lowest BCUT2D eigenvalue weighted by molar-refractivity contribution is 1.02. The summed E-state index contributed by atoms with van der Waals surface area (Å²) in [6.07, 6.45) is 0. The maximum Gasteiger partial charge on any atom is 0.159 e. The molecule has 0 amide bonds. The molecule has 0 aliphatic carbocycles. The number of rotatable bonds is 3. The minimum Gasteiger partial charge on any atom is -0.283 e. The number of hydrogen-bond acceptors (Lipinski definition) is 3. The van der Waals surface area contributed by atoms with E-state index in [-0.39, 0.29) is 0 Å². The normalized spacial score (nSPS) is 12.1. The van der Waals surface area contributed by atoms with Crippen LogP contribution in [0.25, 0.3) is 0 Å². The third-order valence-corrected chi connectivity index (χ3v) is 10.1. The zero-order chi connectivity index (χ0) is 16.9. The molecule has 3 aromatic heterocycles. The maximum absolute atomic E-state index is 4.47. The number of aromatic nitrogens is 6. The van der Waals surface area contributed by atoms with E-state index in [9.17, 15) is 0 Å². The third-order valence-electron chi connectivity index (χ3n) is 4.88. The first-order valence-electron chi connectivity index (χ1n) is 7.84. The molecule has 0 fully saturated rings. The van der Waals surface area contributed by atoms with Gasteiger partial charge in [-0.1, -0.05) is 6.55 Å². The van der Waals surface area contributed by atoms with Crippen LogP contribution >= 0.6 is 0 Å². The number of nitrogens with one attached hydrogen (secondary N) is 3. The molecule has 6 nitrogen and oxygen atoms in total. The first-order chi connectivity index (χ1) is 10.8. The average Bonchev–Trinajstić information content (AvgIpc) is 3.10. The van der Waals surface area contributed by atoms with Crippen LogP contribution in [0.4, 0.5) is 0 Å². The molecule has 3 aromatic rings. The summed E-state index contributed by atoms with van der Waals surface area (Å²) in [5, 5.41) is 26.9. The van der Waals surface area contributed by atoms with E-state index in [1.807, 2.05) is 0 Å². The summed E-state index contributed by atoms with van der Waals surface area (Å²) in [5.41, 5.74) is 6.61. The van der Waals surface area contributed by atoms with Crippen LogP contribution in [0.5, 0.6) is 0 Å². The fraction of sp³-hybridized carbons (Fsp3) is 0.438. The van der Waals surface area contributed by atoms with Crippen molar-refractivity contribution in [3.8, 4) is 0 Å². The van der Waals surface area contributed by atoms with Gasteiger partial charge in [0.15, 0.2) is 8.07 Å². The molecule has 0 saturated heterocycles. The third kappa shape index (κ3) is 2.10. The van der Waals surface area contributed by atoms with Crippen LogP contribution in [0, 0.1) is 41.5 Å². The lowest BCUT2D eigenvalue weighted by Crippen LogP contribution is -2.68. The van der Waals surface area contributed by atoms with Crippen molar-refractivity contribution in [3.05, 3.63) is 34.2 Å². The fourth-order valence-electron chi connectivity index (χ4n) is 4.24. The van der Waals surface area contributed by atoms with Crippen LogP contribution in [-0.2, 0) is 0 Å². The van der Waals surface area contributed by atoms with Crippen molar-refractivity contribution in [1.29, 1.82) is 0 Å². The van der Waals surface area contributed by atoms with E-state index in [0.717, 1.165) is 34.2 Å². The summed E-state index contributed by atoms with van der Waals surface area (Å²) in [6, 6.07) is 0. The smallest absolute Gasteiger partial charge is 0.159 e. The molecule has 0 aliphatic heterocycles. The van der Waals surface area contributed by atoms with Gasteiger partial charge in [-0.2, -0.15) is 15.3 Å². The van der Waals surface area contributed by atoms with Gasteiger partial charge in [-0.3, -0.25) is 15.3 Å². The summed E-state index contributed by atoms with van der Waals surface area (Å²) >= 11 is 0. The molecule has 122 valence electrons. The summed E-state index contributed by atoms with van der Waals surface area (Å²) in [7, 11) is -2.27. The molecule has 0 atom stereocenters. The Morgan fingerprint density at radius 2 is 0.826 bits per heavy atom. The fourth-order valence-corrected chi connectivity index (χ4v) is 9.74. The minimum atomic E-state index is -2.27. The van der Waals surface area contributed by atoms with Gasteiger partial charge >= 0.3 is 0 Å². The van der Waals surface area contributed by atoms with Gasteiger partial charge in [0.25, 0.3) is 0 Å². The van der Waals surface area contributed by atoms with Crippen molar-refractivity contribution in [2.45, 2.75) is 48.1 Å². The van der Waals surface area contributed by atoms with E-state index in [1.54, 1.807) is 0 Å². The summed E-state index contributed by atoms with van der Waals surface area (Å²) < 4.78 is 0. The van der Waals surface area contributed by atoms with Crippen molar-refractivity contribution < 1.29 is 0 Å². The Kier molecular flexibility index (Phi) is 3.55. The quantitative estimate of drug-likeness (QED) is 0.622. The Morgan fingerprint density at radius 1 is 0.565 bits per heavy atom. The maximum atomic E-state index is 4.47. The first-order valence-corrected chi connectivity index (χ1v) is 10.3. The van der Waals surface area contributed by atoms with Crippen molar-refractivity contribution in [3.63, 3.8) is 0 Å². The zero-order valence-electron chi connectivity index (χ0n) is 14.8. The molecule has 0 bridgehead atoms. The standard InChI is InChI=1S/C16H24N6Si/c1-8-14(9(2)18-17-8)23(7,15-10(3)19-20-11(15)4)16-12(5)21-22-13(16)6/h1-7H3,(H,17,18)(H,19,20)(H,21,22). The lowest BCUT2D eigenvalue weighted by atomic mass is 10.4. The second-order valence-electron chi connectivity index (χ2n) is 6.55. The van der Waals surface area contributed by atoms with E-state index in [0.29, 0.717) is 0 Å². The van der Waals surface area contributed by atoms with E-state index < -0.39 is 8.07 Å². The molecule has 0 saturated carbocycles. The molecule has 0 aliphatic rings. The van der Waals surface area contributed by atoms with Crippen LogP contribution in [0.3, 0.4) is 0 Å². The Bertz CT molecular complexity index is 698. The van der Waals surface area contributed by atoms with Crippen LogP contribution in [0.15, 0.2) is 0 Å². The highest BCUT2D eigenvalue weighted by Crippen LogP contribution is 2.16. The number of nitrogens with zero attached hydrogens (tertiary/aromatic N) is 3. The van der Waals surface area contributed by atoms with Gasteiger partial charge in [-0.25, -0.2) is 0 Å². The molecule has 0 radical (unpaired) electrons. The van der Waals surface area contributed by atoms with Gasteiger partial charge < -0.3 is 0 Å². The number of aromatic amines is 3. The topological polar surface area (TPSA) is 86.0 Å². The van der Waals surface area contributed by atoms with Gasteiger partial charge in [0.1, 0.15) is 0 Å². The molecule has 3 heterocycles. The van der Waals surface area contributed by atoms with Crippen LogP contribution in [0.2, 0.25) is 6.55 Å². The Morgan fingerprint density at radius 3 is 1.00 bits per heavy atom. The molecule has 7 heteroatoms. The lowest BCUT2D eigenvalue weighted by Gasteiger charge is -2.30. The second kappa shape index (κ2) is 5.19. The largest absolute Gasteiger partial charge is 0.283 e. The minimum absolute atomic E-state index is 1.07. The van der Waals surface area contributed by atoms with Gasteiger partial charge in [-0.15, -0.1) is 0 Å². The van der Waals surface area contributed by atoms with Gasteiger partial charge in [-0.05, 0) is 57.1 Å². The Balaban J connectivity index is 2.45. The molecule has 3 rings (SSSR count). The molecule has 0 aromatic carbocycles. The summed E-state index contributed by atoms with van der Waals surface area (Å²) in [5.74, 6) is 0. The van der Waals surface area contributed by atoms with Gasteiger partial charge in [0.05, 0.1) is 17.1 Å². The van der Waals surface area contributed by atoms with Crippen molar-refractivity contribution in [2.24, 2.45) is 0 Å². The van der Waals surface area contributed by atoms with E-state index in [4.69, 9.17) is 0 Å². The summed E-state index contributed by atoms with van der Waals surface area (Å²) in [4.78, 5) is 0. The highest BCUT2D eigenvalue weighted by molar-refractivity contribution is 7.11. The van der Waals surface area contributed by atoms with E-state index in [2.05, 4.69) is 78.7 Å². The highest BCUT2D eigenvalue weighted by Gasteiger charge is 2.44. The van der Waals surface area contributed by atoms with E-state index in [1.165, 1.54) is 15.6 Å². The predicted octanol–water partition coefficient (Wildman–Crippen LogP) is 0.806. The zero-order valence-corrected chi connectivity index (χ0v) is 15.8. The molecular weight excluding hydrogens is 304 g/mol. The van der Waals surface area contributed by atoms with Crippen LogP contribution in [-0.4, -0.2) is 38.7 Å². The van der Waals surface area contributed by atoms with Gasteiger partial charge in [0, 0.05) is 17.1 Å². The Labute approximate surface area is 137 Å². The number of hydrogen-bond donors (Lipinski definition) is 3. The van der Waals surface area contributed by atoms with E-state index >= 15 is 0 Å². The van der Waals surface area contributed by atoms with Crippen molar-refractivity contribution in [1.82, 2.24) is 30.6 Å². The molecule has 0 spiro atoms. The molecular formula is C16H24N6Si. The van der Waals surface area contributed by atoms with Gasteiger partial charge in [0.2, 0.25) is 0 Å². The van der Waals surface area contributed by atoms with Crippen molar-refractivity contribution >= 4 is 23.6 Å². The van der Waals surface area contributed by atoms with Crippen molar-refractivity contribution in [2.75, 3.05) is 0 Å². The molecule has 0 unspecified atom stereocenters. The molecule has 23 heavy (non-hydrogen) atoms.